The first kappa shape index (κ1) is 14.2. The van der Waals surface area contributed by atoms with Gasteiger partial charge in [0.25, 0.3) is 0 Å². The second-order valence-corrected chi connectivity index (χ2v) is 6.95. The molecule has 2 saturated carbocycles. The lowest BCUT2D eigenvalue weighted by Gasteiger charge is -2.25. The molecular weight excluding hydrogens is 280 g/mol. The molecule has 6 heteroatoms. The number of nitrogens with one attached hydrogen (secondary N) is 1. The number of hydrogen-bond acceptors (Lipinski definition) is 4. The van der Waals surface area contributed by atoms with Gasteiger partial charge in [-0.2, -0.15) is 0 Å². The molecule has 3 aliphatic rings. The molecule has 0 bridgehead atoms. The highest BCUT2D eigenvalue weighted by Crippen LogP contribution is 2.47. The van der Waals surface area contributed by atoms with Crippen molar-refractivity contribution in [2.24, 2.45) is 5.41 Å². The first-order chi connectivity index (χ1) is 10.8. The number of aromatic nitrogens is 3. The number of carbonyl (C=O) groups excluding carboxylic acids is 1. The zero-order valence-corrected chi connectivity index (χ0v) is 13.0. The molecule has 1 aliphatic heterocycles. The molecule has 3 fully saturated rings. The maximum absolute atomic E-state index is 12.7. The molecule has 6 nitrogen and oxygen atoms in total. The number of amides is 1. The fourth-order valence-electron chi connectivity index (χ4n) is 4.41. The lowest BCUT2D eigenvalue weighted by Crippen LogP contribution is -2.39. The quantitative estimate of drug-likeness (QED) is 0.932. The Hall–Kier alpha value is -1.43. The van der Waals surface area contributed by atoms with Crippen LogP contribution in [-0.2, 0) is 9.53 Å². The molecule has 1 saturated heterocycles. The highest BCUT2D eigenvalue weighted by Gasteiger charge is 2.53. The summed E-state index contributed by atoms with van der Waals surface area (Å²) in [5.74, 6) is 0.497. The van der Waals surface area contributed by atoms with Gasteiger partial charge in [0, 0.05) is 6.61 Å². The molecule has 0 spiro atoms. The summed E-state index contributed by atoms with van der Waals surface area (Å²) in [6, 6.07) is 0.444. The summed E-state index contributed by atoms with van der Waals surface area (Å²) in [7, 11) is 0. The van der Waals surface area contributed by atoms with Crippen molar-refractivity contribution in [3.8, 4) is 0 Å². The molecule has 2 atom stereocenters. The van der Waals surface area contributed by atoms with Crippen LogP contribution >= 0.6 is 0 Å². The summed E-state index contributed by atoms with van der Waals surface area (Å²) >= 11 is 0. The zero-order valence-electron chi connectivity index (χ0n) is 13.0. The summed E-state index contributed by atoms with van der Waals surface area (Å²) in [6.45, 7) is 0.696. The second kappa shape index (κ2) is 5.65. The van der Waals surface area contributed by atoms with Crippen LogP contribution < -0.4 is 5.32 Å². The van der Waals surface area contributed by atoms with E-state index in [9.17, 15) is 4.79 Å². The normalized spacial score (nSPS) is 32.1. The third-order valence-electron chi connectivity index (χ3n) is 5.71. The van der Waals surface area contributed by atoms with Gasteiger partial charge in [-0.15, -0.1) is 5.10 Å². The zero-order chi connectivity index (χ0) is 15.0. The number of nitrogens with zero attached hydrogens (tertiary/aromatic N) is 3. The van der Waals surface area contributed by atoms with Crippen molar-refractivity contribution in [2.75, 3.05) is 11.9 Å². The summed E-state index contributed by atoms with van der Waals surface area (Å²) < 4.78 is 7.67. The summed E-state index contributed by atoms with van der Waals surface area (Å²) in [4.78, 5) is 17.0. The first-order valence-corrected chi connectivity index (χ1v) is 8.62. The molecule has 1 aromatic rings. The molecule has 4 rings (SSSR count). The Morgan fingerprint density at radius 1 is 1.23 bits per heavy atom. The van der Waals surface area contributed by atoms with Crippen LogP contribution in [-0.4, -0.2) is 33.4 Å². The van der Waals surface area contributed by atoms with E-state index in [2.05, 4.69) is 15.4 Å². The molecule has 1 amide bonds. The van der Waals surface area contributed by atoms with Crippen molar-refractivity contribution in [3.05, 3.63) is 6.33 Å². The smallest absolute Gasteiger partial charge is 0.248 e. The Labute approximate surface area is 130 Å². The molecular formula is C16H24N4O2. The van der Waals surface area contributed by atoms with Gasteiger partial charge < -0.3 is 4.74 Å². The molecule has 1 N–H and O–H groups in total. The Morgan fingerprint density at radius 2 is 2.09 bits per heavy atom. The monoisotopic (exact) mass is 304 g/mol. The van der Waals surface area contributed by atoms with Gasteiger partial charge in [-0.3, -0.25) is 10.1 Å². The lowest BCUT2D eigenvalue weighted by atomic mass is 9.82. The van der Waals surface area contributed by atoms with Gasteiger partial charge in [-0.25, -0.2) is 9.67 Å². The molecule has 120 valence electrons. The number of carbonyl (C=O) groups is 1. The van der Waals surface area contributed by atoms with E-state index in [1.807, 2.05) is 4.68 Å². The molecule has 0 aromatic carbocycles. The predicted molar refractivity (Wildman–Crippen MR) is 81.4 cm³/mol. The maximum atomic E-state index is 12.7. The van der Waals surface area contributed by atoms with Crippen molar-refractivity contribution in [3.63, 3.8) is 0 Å². The van der Waals surface area contributed by atoms with Crippen molar-refractivity contribution >= 4 is 11.9 Å². The van der Waals surface area contributed by atoms with Crippen molar-refractivity contribution in [1.29, 1.82) is 0 Å². The molecule has 0 radical (unpaired) electrons. The van der Waals surface area contributed by atoms with Crippen LogP contribution in [0.2, 0.25) is 0 Å². The third kappa shape index (κ3) is 2.33. The molecule has 0 unspecified atom stereocenters. The van der Waals surface area contributed by atoms with Crippen LogP contribution in [0.3, 0.4) is 0 Å². The van der Waals surface area contributed by atoms with E-state index in [0.717, 1.165) is 38.5 Å². The topological polar surface area (TPSA) is 69.0 Å². The highest BCUT2D eigenvalue weighted by atomic mass is 16.5. The number of anilines is 1. The van der Waals surface area contributed by atoms with E-state index in [1.54, 1.807) is 6.33 Å². The fraction of sp³-hybridized carbons (Fsp3) is 0.812. The number of fused-ring (bicyclic) bond motifs is 1. The van der Waals surface area contributed by atoms with Crippen LogP contribution in [0.4, 0.5) is 5.95 Å². The lowest BCUT2D eigenvalue weighted by molar-refractivity contribution is -0.127. The predicted octanol–water partition coefficient (Wildman–Crippen LogP) is 2.68. The third-order valence-corrected chi connectivity index (χ3v) is 5.71. The standard InChI is InChI=1S/C16H24N4O2/c21-14(16-8-4-7-13(16)22-10-9-16)18-15-17-11-20(19-15)12-5-2-1-3-6-12/h11-13H,1-10H2,(H,18,19,21)/t13-,16+/m1/s1. The minimum atomic E-state index is -0.337. The Balaban J connectivity index is 1.45. The van der Waals surface area contributed by atoms with E-state index in [1.165, 1.54) is 19.3 Å². The molecule has 2 aliphatic carbocycles. The van der Waals surface area contributed by atoms with Gasteiger partial charge in [0.05, 0.1) is 17.6 Å². The van der Waals surface area contributed by atoms with Gasteiger partial charge in [-0.1, -0.05) is 19.3 Å². The van der Waals surface area contributed by atoms with Gasteiger partial charge in [0.1, 0.15) is 6.33 Å². The van der Waals surface area contributed by atoms with E-state index in [-0.39, 0.29) is 17.4 Å². The van der Waals surface area contributed by atoms with Gasteiger partial charge in [0.2, 0.25) is 11.9 Å². The SMILES string of the molecule is O=C(Nc1ncn(C2CCCCC2)n1)[C@]12CCC[C@H]1OCC2. The molecule has 1 aromatic heterocycles. The minimum absolute atomic E-state index is 0.0499. The Kier molecular flexibility index (Phi) is 3.64. The maximum Gasteiger partial charge on any atom is 0.248 e. The van der Waals surface area contributed by atoms with Crippen molar-refractivity contribution < 1.29 is 9.53 Å². The average molecular weight is 304 g/mol. The number of hydrogen-bond donors (Lipinski definition) is 1. The van der Waals surface area contributed by atoms with Gasteiger partial charge >= 0.3 is 0 Å². The Morgan fingerprint density at radius 3 is 2.95 bits per heavy atom. The van der Waals surface area contributed by atoms with Gasteiger partial charge in [-0.05, 0) is 38.5 Å². The average Bonchev–Trinajstić information content (AvgIpc) is 3.23. The Bertz CT molecular complexity index is 540. The van der Waals surface area contributed by atoms with Gasteiger partial charge in [0.15, 0.2) is 0 Å². The minimum Gasteiger partial charge on any atom is -0.377 e. The van der Waals surface area contributed by atoms with Crippen LogP contribution in [0, 0.1) is 5.41 Å². The van der Waals surface area contributed by atoms with E-state index in [0.29, 0.717) is 18.6 Å². The second-order valence-electron chi connectivity index (χ2n) is 6.95. The van der Waals surface area contributed by atoms with Crippen LogP contribution in [0.1, 0.15) is 63.8 Å². The molecule has 2 heterocycles. The van der Waals surface area contributed by atoms with Crippen LogP contribution in [0.15, 0.2) is 6.33 Å². The van der Waals surface area contributed by atoms with E-state index >= 15 is 0 Å². The number of ether oxygens (including phenoxy) is 1. The van der Waals surface area contributed by atoms with E-state index in [4.69, 9.17) is 4.74 Å². The largest absolute Gasteiger partial charge is 0.377 e. The fourth-order valence-corrected chi connectivity index (χ4v) is 4.41. The molecule has 22 heavy (non-hydrogen) atoms. The summed E-state index contributed by atoms with van der Waals surface area (Å²) in [5, 5.41) is 7.43. The van der Waals surface area contributed by atoms with Crippen LogP contribution in [0.5, 0.6) is 0 Å². The first-order valence-electron chi connectivity index (χ1n) is 8.62. The van der Waals surface area contributed by atoms with Crippen molar-refractivity contribution in [2.45, 2.75) is 69.9 Å². The van der Waals surface area contributed by atoms with Crippen molar-refractivity contribution in [1.82, 2.24) is 14.8 Å². The summed E-state index contributed by atoms with van der Waals surface area (Å²) in [5.41, 5.74) is -0.337. The number of rotatable bonds is 3. The van der Waals surface area contributed by atoms with E-state index < -0.39 is 0 Å². The highest BCUT2D eigenvalue weighted by molar-refractivity contribution is 5.94. The van der Waals surface area contributed by atoms with Crippen LogP contribution in [0.25, 0.3) is 0 Å². The summed E-state index contributed by atoms with van der Waals surface area (Å²) in [6.07, 6.45) is 11.8.